The third kappa shape index (κ3) is 4.68. The maximum absolute atomic E-state index is 12.9. The van der Waals surface area contributed by atoms with E-state index >= 15 is 0 Å². The van der Waals surface area contributed by atoms with Gasteiger partial charge in [-0.15, -0.1) is 0 Å². The molecule has 0 spiro atoms. The van der Waals surface area contributed by atoms with Crippen molar-refractivity contribution in [3.05, 3.63) is 58.6 Å². The van der Waals surface area contributed by atoms with E-state index in [1.54, 1.807) is 51.1 Å². The second-order valence-electron chi connectivity index (χ2n) is 6.33. The van der Waals surface area contributed by atoms with Gasteiger partial charge in [0.1, 0.15) is 5.60 Å². The molecule has 0 saturated carbocycles. The molecule has 0 radical (unpaired) electrons. The monoisotopic (exact) mass is 410 g/mol. The van der Waals surface area contributed by atoms with Gasteiger partial charge < -0.3 is 4.74 Å². The van der Waals surface area contributed by atoms with E-state index in [-0.39, 0.29) is 16.2 Å². The molecule has 128 valence electrons. The summed E-state index contributed by atoms with van der Waals surface area (Å²) in [6.45, 7) is 5.32. The van der Waals surface area contributed by atoms with Crippen LogP contribution in [-0.2, 0) is 25.8 Å². The summed E-state index contributed by atoms with van der Waals surface area (Å²) in [5.74, 6) is -0.457. The van der Waals surface area contributed by atoms with Crippen molar-refractivity contribution in [2.45, 2.75) is 42.6 Å². The molecule has 0 amide bonds. The van der Waals surface area contributed by atoms with Gasteiger partial charge in [-0.05, 0) is 56.7 Å². The van der Waals surface area contributed by atoms with Crippen molar-refractivity contribution >= 4 is 31.7 Å². The Morgan fingerprint density at radius 3 is 2.21 bits per heavy atom. The van der Waals surface area contributed by atoms with Gasteiger partial charge in [0.05, 0.1) is 16.2 Å². The molecule has 0 fully saturated rings. The van der Waals surface area contributed by atoms with Crippen LogP contribution in [0.4, 0.5) is 0 Å². The Bertz CT molecular complexity index is 834. The molecule has 0 unspecified atom stereocenters. The SMILES string of the molecule is CC(C)(C)OC(=O)Cc1ccccc1S(=O)(=O)c1ccc(Br)cc1. The summed E-state index contributed by atoms with van der Waals surface area (Å²) >= 11 is 3.29. The molecule has 2 aromatic rings. The standard InChI is InChI=1S/C18H19BrO4S/c1-18(2,3)23-17(20)12-13-6-4-5-7-16(13)24(21,22)15-10-8-14(19)9-11-15/h4-11H,12H2,1-3H3. The number of ether oxygens (including phenoxy) is 1. The minimum Gasteiger partial charge on any atom is -0.460 e. The van der Waals surface area contributed by atoms with Crippen molar-refractivity contribution in [2.24, 2.45) is 0 Å². The molecule has 0 N–H and O–H groups in total. The highest BCUT2D eigenvalue weighted by molar-refractivity contribution is 9.10. The topological polar surface area (TPSA) is 60.4 Å². The number of hydrogen-bond acceptors (Lipinski definition) is 4. The van der Waals surface area contributed by atoms with Gasteiger partial charge in [-0.3, -0.25) is 4.79 Å². The van der Waals surface area contributed by atoms with Crippen LogP contribution in [0, 0.1) is 0 Å². The smallest absolute Gasteiger partial charge is 0.310 e. The fraction of sp³-hybridized carbons (Fsp3) is 0.278. The van der Waals surface area contributed by atoms with Crippen LogP contribution in [0.15, 0.2) is 62.8 Å². The van der Waals surface area contributed by atoms with Crippen molar-refractivity contribution in [3.8, 4) is 0 Å². The summed E-state index contributed by atoms with van der Waals surface area (Å²) in [7, 11) is -3.70. The van der Waals surface area contributed by atoms with E-state index in [9.17, 15) is 13.2 Å². The third-order valence-electron chi connectivity index (χ3n) is 3.14. The molecule has 24 heavy (non-hydrogen) atoms. The number of benzene rings is 2. The molecule has 0 bridgehead atoms. The Morgan fingerprint density at radius 2 is 1.62 bits per heavy atom. The lowest BCUT2D eigenvalue weighted by Gasteiger charge is -2.20. The van der Waals surface area contributed by atoms with E-state index in [1.165, 1.54) is 18.2 Å². The summed E-state index contributed by atoms with van der Waals surface area (Å²) < 4.78 is 31.8. The van der Waals surface area contributed by atoms with Gasteiger partial charge in [0.25, 0.3) is 0 Å². The normalized spacial score (nSPS) is 12.0. The van der Waals surface area contributed by atoms with Crippen LogP contribution in [0.1, 0.15) is 26.3 Å². The van der Waals surface area contributed by atoms with E-state index in [1.807, 2.05) is 0 Å². The first-order chi connectivity index (χ1) is 11.1. The van der Waals surface area contributed by atoms with Crippen LogP contribution < -0.4 is 0 Å². The number of rotatable bonds is 4. The highest BCUT2D eigenvalue weighted by atomic mass is 79.9. The lowest BCUT2D eigenvalue weighted by atomic mass is 10.1. The number of hydrogen-bond donors (Lipinski definition) is 0. The zero-order valence-electron chi connectivity index (χ0n) is 13.7. The third-order valence-corrected chi connectivity index (χ3v) is 5.54. The minimum absolute atomic E-state index is 0.0940. The summed E-state index contributed by atoms with van der Waals surface area (Å²) in [5, 5.41) is 0. The first-order valence-electron chi connectivity index (χ1n) is 7.40. The summed E-state index contributed by atoms with van der Waals surface area (Å²) in [6, 6.07) is 12.9. The predicted octanol–water partition coefficient (Wildman–Crippen LogP) is 4.17. The van der Waals surface area contributed by atoms with Gasteiger partial charge >= 0.3 is 5.97 Å². The number of esters is 1. The maximum atomic E-state index is 12.9. The molecule has 0 aliphatic heterocycles. The molecule has 2 rings (SSSR count). The fourth-order valence-corrected chi connectivity index (χ4v) is 3.94. The first kappa shape index (κ1) is 18.7. The zero-order chi connectivity index (χ0) is 18.0. The molecule has 6 heteroatoms. The average molecular weight is 411 g/mol. The number of carbonyl (C=O) groups is 1. The predicted molar refractivity (Wildman–Crippen MR) is 95.6 cm³/mol. The molecule has 0 heterocycles. The first-order valence-corrected chi connectivity index (χ1v) is 9.67. The Hall–Kier alpha value is -1.66. The lowest BCUT2D eigenvalue weighted by Crippen LogP contribution is -2.25. The lowest BCUT2D eigenvalue weighted by molar-refractivity contribution is -0.153. The zero-order valence-corrected chi connectivity index (χ0v) is 16.1. The van der Waals surface area contributed by atoms with Crippen LogP contribution in [0.2, 0.25) is 0 Å². The molecule has 0 aliphatic carbocycles. The Kier molecular flexibility index (Phi) is 5.50. The highest BCUT2D eigenvalue weighted by Gasteiger charge is 2.24. The van der Waals surface area contributed by atoms with E-state index in [4.69, 9.17) is 4.74 Å². The Labute approximate surface area is 150 Å². The van der Waals surface area contributed by atoms with Gasteiger partial charge in [-0.1, -0.05) is 34.1 Å². The van der Waals surface area contributed by atoms with Crippen molar-refractivity contribution in [3.63, 3.8) is 0 Å². The highest BCUT2D eigenvalue weighted by Crippen LogP contribution is 2.26. The van der Waals surface area contributed by atoms with Gasteiger partial charge in [-0.25, -0.2) is 8.42 Å². The van der Waals surface area contributed by atoms with Crippen molar-refractivity contribution < 1.29 is 17.9 Å². The minimum atomic E-state index is -3.70. The fourth-order valence-electron chi connectivity index (χ4n) is 2.19. The number of halogens is 1. The second-order valence-corrected chi connectivity index (χ2v) is 9.16. The van der Waals surface area contributed by atoms with E-state index in [2.05, 4.69) is 15.9 Å². The van der Waals surface area contributed by atoms with Gasteiger partial charge in [0, 0.05) is 4.47 Å². The maximum Gasteiger partial charge on any atom is 0.310 e. The average Bonchev–Trinajstić information content (AvgIpc) is 2.46. The number of carbonyl (C=O) groups excluding carboxylic acids is 1. The van der Waals surface area contributed by atoms with Crippen molar-refractivity contribution in [1.82, 2.24) is 0 Å². The van der Waals surface area contributed by atoms with Gasteiger partial charge in [0.15, 0.2) is 0 Å². The van der Waals surface area contributed by atoms with Crippen molar-refractivity contribution in [1.29, 1.82) is 0 Å². The molecule has 0 atom stereocenters. The molecule has 0 saturated heterocycles. The van der Waals surface area contributed by atoms with E-state index in [0.717, 1.165) is 4.47 Å². The van der Waals surface area contributed by atoms with Gasteiger partial charge in [0.2, 0.25) is 9.84 Å². The van der Waals surface area contributed by atoms with Crippen LogP contribution in [0.5, 0.6) is 0 Å². The van der Waals surface area contributed by atoms with Crippen LogP contribution >= 0.6 is 15.9 Å². The Balaban J connectivity index is 2.38. The largest absolute Gasteiger partial charge is 0.460 e. The van der Waals surface area contributed by atoms with Crippen LogP contribution in [0.25, 0.3) is 0 Å². The number of sulfone groups is 1. The molecular weight excluding hydrogens is 392 g/mol. The summed E-state index contributed by atoms with van der Waals surface area (Å²) in [6.07, 6.45) is -0.0940. The van der Waals surface area contributed by atoms with Gasteiger partial charge in [-0.2, -0.15) is 0 Å². The summed E-state index contributed by atoms with van der Waals surface area (Å²) in [5.41, 5.74) is -0.189. The molecule has 2 aromatic carbocycles. The van der Waals surface area contributed by atoms with Crippen LogP contribution in [-0.4, -0.2) is 20.0 Å². The molecule has 4 nitrogen and oxygen atoms in total. The molecule has 0 aliphatic rings. The second kappa shape index (κ2) is 7.07. The molecular formula is C18H19BrO4S. The van der Waals surface area contributed by atoms with Crippen molar-refractivity contribution in [2.75, 3.05) is 0 Å². The summed E-state index contributed by atoms with van der Waals surface area (Å²) in [4.78, 5) is 12.4. The quantitative estimate of drug-likeness (QED) is 0.709. The molecule has 0 aromatic heterocycles. The Morgan fingerprint density at radius 1 is 1.04 bits per heavy atom. The van der Waals surface area contributed by atoms with Crippen LogP contribution in [0.3, 0.4) is 0 Å². The van der Waals surface area contributed by atoms with E-state index in [0.29, 0.717) is 5.56 Å². The van der Waals surface area contributed by atoms with E-state index < -0.39 is 21.4 Å².